The molecule has 0 saturated heterocycles. The van der Waals surface area contributed by atoms with E-state index in [1.807, 2.05) is 41.1 Å². The van der Waals surface area contributed by atoms with Crippen LogP contribution in [0.5, 0.6) is 0 Å². The van der Waals surface area contributed by atoms with Crippen molar-refractivity contribution in [2.24, 2.45) is 0 Å². The Morgan fingerprint density at radius 3 is 2.62 bits per heavy atom. The molecule has 2 N–H and O–H groups in total. The van der Waals surface area contributed by atoms with Crippen LogP contribution in [0.3, 0.4) is 0 Å². The summed E-state index contributed by atoms with van der Waals surface area (Å²) in [5.41, 5.74) is 1.16. The molecule has 0 bridgehead atoms. The Hall–Kier alpha value is -2.83. The van der Waals surface area contributed by atoms with Gasteiger partial charge >= 0.3 is 6.03 Å². The average molecular weight is 329 g/mol. The molecule has 0 aliphatic carbocycles. The normalized spacial score (nSPS) is 11.6. The maximum absolute atomic E-state index is 11.9. The summed E-state index contributed by atoms with van der Waals surface area (Å²) in [6, 6.07) is 9.05. The molecule has 128 valence electrons. The Kier molecular flexibility index (Phi) is 5.95. The third-order valence-corrected chi connectivity index (χ3v) is 3.56. The van der Waals surface area contributed by atoms with Crippen molar-refractivity contribution in [3.05, 3.63) is 54.1 Å². The van der Waals surface area contributed by atoms with Gasteiger partial charge in [0.15, 0.2) is 0 Å². The number of carbonyl (C=O) groups is 2. The summed E-state index contributed by atoms with van der Waals surface area (Å²) in [6.07, 6.45) is 3.58. The predicted molar refractivity (Wildman–Crippen MR) is 91.3 cm³/mol. The highest BCUT2D eigenvalue weighted by Crippen LogP contribution is 2.05. The van der Waals surface area contributed by atoms with Gasteiger partial charge in [-0.15, -0.1) is 0 Å². The maximum Gasteiger partial charge on any atom is 0.315 e. The molecular formula is C17H23N5O2. The van der Waals surface area contributed by atoms with Crippen molar-refractivity contribution >= 4 is 11.9 Å². The molecule has 0 spiro atoms. The second kappa shape index (κ2) is 8.14. The van der Waals surface area contributed by atoms with Crippen LogP contribution in [0, 0.1) is 0 Å². The molecule has 0 aliphatic rings. The third kappa shape index (κ3) is 4.84. The summed E-state index contributed by atoms with van der Waals surface area (Å²) >= 11 is 0. The number of likely N-dealkylation sites (N-methyl/N-ethyl adjacent to an activating group) is 1. The first-order valence-corrected chi connectivity index (χ1v) is 7.77. The van der Waals surface area contributed by atoms with E-state index < -0.39 is 12.1 Å². The molecule has 2 rings (SSSR count). The van der Waals surface area contributed by atoms with Crippen LogP contribution in [0.2, 0.25) is 0 Å². The van der Waals surface area contributed by atoms with E-state index in [2.05, 4.69) is 15.6 Å². The number of hydrogen-bond acceptors (Lipinski definition) is 3. The van der Waals surface area contributed by atoms with Gasteiger partial charge in [-0.1, -0.05) is 30.3 Å². The number of rotatable bonds is 6. The summed E-state index contributed by atoms with van der Waals surface area (Å²) in [6.45, 7) is 2.63. The van der Waals surface area contributed by atoms with E-state index in [1.54, 1.807) is 27.2 Å². The number of nitrogens with one attached hydrogen (secondary N) is 2. The van der Waals surface area contributed by atoms with Gasteiger partial charge in [-0.3, -0.25) is 4.79 Å². The summed E-state index contributed by atoms with van der Waals surface area (Å²) in [5, 5.41) is 5.35. The van der Waals surface area contributed by atoms with Gasteiger partial charge in [0.1, 0.15) is 11.9 Å². The smallest absolute Gasteiger partial charge is 0.315 e. The van der Waals surface area contributed by atoms with Crippen LogP contribution in [-0.2, 0) is 17.9 Å². The zero-order valence-corrected chi connectivity index (χ0v) is 14.2. The van der Waals surface area contributed by atoms with Crippen LogP contribution in [0.15, 0.2) is 42.7 Å². The van der Waals surface area contributed by atoms with Crippen molar-refractivity contribution in [2.75, 3.05) is 14.1 Å². The third-order valence-electron chi connectivity index (χ3n) is 3.56. The zero-order valence-electron chi connectivity index (χ0n) is 14.2. The molecule has 1 aromatic heterocycles. The zero-order chi connectivity index (χ0) is 17.5. The van der Waals surface area contributed by atoms with Crippen molar-refractivity contribution in [3.63, 3.8) is 0 Å². The number of carbonyl (C=O) groups excluding carboxylic acids is 2. The van der Waals surface area contributed by atoms with Crippen LogP contribution < -0.4 is 10.6 Å². The lowest BCUT2D eigenvalue weighted by molar-refractivity contribution is -0.130. The standard InChI is InChI=1S/C17H23N5O2/c1-13(16(23)21(2)3)20-17(24)19-11-15-18-9-10-22(15)12-14-7-5-4-6-8-14/h4-10,13H,11-12H2,1-3H3,(H2,19,20,24)/t13-/m0/s1. The van der Waals surface area contributed by atoms with E-state index in [-0.39, 0.29) is 12.5 Å². The van der Waals surface area contributed by atoms with Crippen LogP contribution in [0.25, 0.3) is 0 Å². The number of amides is 3. The Morgan fingerprint density at radius 1 is 1.25 bits per heavy atom. The lowest BCUT2D eigenvalue weighted by atomic mass is 10.2. The predicted octanol–water partition coefficient (Wildman–Crippen LogP) is 1.21. The molecule has 7 nitrogen and oxygen atoms in total. The van der Waals surface area contributed by atoms with Gasteiger partial charge in [-0.05, 0) is 12.5 Å². The minimum absolute atomic E-state index is 0.157. The van der Waals surface area contributed by atoms with E-state index in [1.165, 1.54) is 4.90 Å². The number of imidazole rings is 1. The Labute approximate surface area is 141 Å². The first-order valence-electron chi connectivity index (χ1n) is 7.77. The monoisotopic (exact) mass is 329 g/mol. The lowest BCUT2D eigenvalue weighted by Crippen LogP contribution is -2.48. The summed E-state index contributed by atoms with van der Waals surface area (Å²) in [4.78, 5) is 29.4. The van der Waals surface area contributed by atoms with Crippen molar-refractivity contribution in [3.8, 4) is 0 Å². The second-order valence-corrected chi connectivity index (χ2v) is 5.74. The second-order valence-electron chi connectivity index (χ2n) is 5.74. The first-order chi connectivity index (χ1) is 11.5. The van der Waals surface area contributed by atoms with Crippen LogP contribution in [0.1, 0.15) is 18.3 Å². The SMILES string of the molecule is C[C@H](NC(=O)NCc1nccn1Cc1ccccc1)C(=O)N(C)C. The quantitative estimate of drug-likeness (QED) is 0.836. The fourth-order valence-corrected chi connectivity index (χ4v) is 2.29. The highest BCUT2D eigenvalue weighted by molar-refractivity contribution is 5.86. The van der Waals surface area contributed by atoms with Crippen LogP contribution in [-0.4, -0.2) is 46.5 Å². The van der Waals surface area contributed by atoms with Crippen LogP contribution >= 0.6 is 0 Å². The lowest BCUT2D eigenvalue weighted by Gasteiger charge is -2.18. The molecular weight excluding hydrogens is 306 g/mol. The first kappa shape index (κ1) is 17.5. The topological polar surface area (TPSA) is 79.3 Å². The van der Waals surface area contributed by atoms with E-state index in [0.717, 1.165) is 11.4 Å². The summed E-state index contributed by atoms with van der Waals surface area (Å²) in [5.74, 6) is 0.594. The molecule has 0 radical (unpaired) electrons. The fraction of sp³-hybridized carbons (Fsp3) is 0.353. The molecule has 2 aromatic rings. The molecule has 1 aromatic carbocycles. The molecule has 1 heterocycles. The van der Waals surface area contributed by atoms with Crippen LogP contribution in [0.4, 0.5) is 4.79 Å². The highest BCUT2D eigenvalue weighted by atomic mass is 16.2. The van der Waals surface area contributed by atoms with Crippen molar-refractivity contribution in [1.29, 1.82) is 0 Å². The largest absolute Gasteiger partial charge is 0.347 e. The molecule has 0 aliphatic heterocycles. The van der Waals surface area contributed by atoms with Crippen molar-refractivity contribution in [2.45, 2.75) is 26.1 Å². The highest BCUT2D eigenvalue weighted by Gasteiger charge is 2.17. The van der Waals surface area contributed by atoms with Gasteiger partial charge < -0.3 is 20.1 Å². The van der Waals surface area contributed by atoms with Crippen molar-refractivity contribution in [1.82, 2.24) is 25.1 Å². The van der Waals surface area contributed by atoms with Gasteiger partial charge in [0.25, 0.3) is 0 Å². The molecule has 24 heavy (non-hydrogen) atoms. The molecule has 0 fully saturated rings. The van der Waals surface area contributed by atoms with E-state index in [0.29, 0.717) is 6.54 Å². The van der Waals surface area contributed by atoms with E-state index in [9.17, 15) is 9.59 Å². The molecule has 0 saturated carbocycles. The molecule has 1 atom stereocenters. The van der Waals surface area contributed by atoms with E-state index in [4.69, 9.17) is 0 Å². The number of nitrogens with zero attached hydrogens (tertiary/aromatic N) is 3. The number of urea groups is 1. The van der Waals surface area contributed by atoms with Gasteiger partial charge in [0, 0.05) is 33.0 Å². The average Bonchev–Trinajstić information content (AvgIpc) is 3.00. The number of hydrogen-bond donors (Lipinski definition) is 2. The minimum Gasteiger partial charge on any atom is -0.347 e. The fourth-order valence-electron chi connectivity index (χ4n) is 2.29. The van der Waals surface area contributed by atoms with Gasteiger partial charge in [0.05, 0.1) is 6.54 Å². The molecule has 7 heteroatoms. The van der Waals surface area contributed by atoms with Gasteiger partial charge in [0.2, 0.25) is 5.91 Å². The summed E-state index contributed by atoms with van der Waals surface area (Å²) < 4.78 is 1.98. The van der Waals surface area contributed by atoms with Gasteiger partial charge in [-0.25, -0.2) is 9.78 Å². The molecule has 3 amide bonds. The Balaban J connectivity index is 1.88. The maximum atomic E-state index is 11.9. The van der Waals surface area contributed by atoms with Crippen molar-refractivity contribution < 1.29 is 9.59 Å². The summed E-state index contributed by atoms with van der Waals surface area (Å²) in [7, 11) is 3.30. The molecule has 0 unspecified atom stereocenters. The van der Waals surface area contributed by atoms with Gasteiger partial charge in [-0.2, -0.15) is 0 Å². The van der Waals surface area contributed by atoms with E-state index >= 15 is 0 Å². The number of benzene rings is 1. The number of aromatic nitrogens is 2. The Bertz CT molecular complexity index is 681. The minimum atomic E-state index is -0.580. The Morgan fingerprint density at radius 2 is 1.96 bits per heavy atom.